The SMILES string of the molecule is CCOC(=O)C(=O)/C=C(\[O-])c1ccc(F)cc1. The maximum absolute atomic E-state index is 12.6. The normalized spacial score (nSPS) is 11.1. The molecule has 17 heavy (non-hydrogen) atoms. The molecule has 0 unspecified atom stereocenters. The van der Waals surface area contributed by atoms with Gasteiger partial charge in [0.05, 0.1) is 6.61 Å². The van der Waals surface area contributed by atoms with E-state index < -0.39 is 23.3 Å². The Bertz CT molecular complexity index is 448. The van der Waals surface area contributed by atoms with Crippen molar-refractivity contribution in [1.29, 1.82) is 0 Å². The quantitative estimate of drug-likeness (QED) is 0.334. The fourth-order valence-electron chi connectivity index (χ4n) is 1.08. The second-order valence-corrected chi connectivity index (χ2v) is 3.10. The molecule has 0 aliphatic rings. The Balaban J connectivity index is 2.82. The number of benzene rings is 1. The van der Waals surface area contributed by atoms with Crippen molar-refractivity contribution >= 4 is 17.5 Å². The van der Waals surface area contributed by atoms with Gasteiger partial charge in [-0.2, -0.15) is 0 Å². The number of rotatable bonds is 4. The van der Waals surface area contributed by atoms with E-state index in [2.05, 4.69) is 4.74 Å². The summed E-state index contributed by atoms with van der Waals surface area (Å²) in [4.78, 5) is 22.1. The van der Waals surface area contributed by atoms with E-state index in [-0.39, 0.29) is 12.2 Å². The van der Waals surface area contributed by atoms with Gasteiger partial charge in [-0.1, -0.05) is 17.9 Å². The van der Waals surface area contributed by atoms with Crippen LogP contribution in [0.4, 0.5) is 4.39 Å². The molecule has 0 atom stereocenters. The minimum Gasteiger partial charge on any atom is -0.872 e. The van der Waals surface area contributed by atoms with E-state index in [1.807, 2.05) is 0 Å². The van der Waals surface area contributed by atoms with Crippen LogP contribution < -0.4 is 5.11 Å². The van der Waals surface area contributed by atoms with Crippen LogP contribution in [-0.4, -0.2) is 18.4 Å². The Morgan fingerprint density at radius 3 is 2.47 bits per heavy atom. The number of esters is 1. The fraction of sp³-hybridized carbons (Fsp3) is 0.167. The molecule has 0 saturated carbocycles. The monoisotopic (exact) mass is 237 g/mol. The van der Waals surface area contributed by atoms with Crippen molar-refractivity contribution in [3.8, 4) is 0 Å². The minimum absolute atomic E-state index is 0.0587. The summed E-state index contributed by atoms with van der Waals surface area (Å²) in [7, 11) is 0. The van der Waals surface area contributed by atoms with Crippen molar-refractivity contribution in [2.24, 2.45) is 0 Å². The first kappa shape index (κ1) is 12.9. The maximum atomic E-state index is 12.6. The van der Waals surface area contributed by atoms with Gasteiger partial charge in [0.1, 0.15) is 5.82 Å². The molecule has 1 rings (SSSR count). The third-order valence-corrected chi connectivity index (χ3v) is 1.87. The number of halogens is 1. The summed E-state index contributed by atoms with van der Waals surface area (Å²) in [5.74, 6) is -3.26. The van der Waals surface area contributed by atoms with E-state index in [1.54, 1.807) is 6.92 Å². The molecule has 0 aromatic heterocycles. The highest BCUT2D eigenvalue weighted by Gasteiger charge is 2.10. The van der Waals surface area contributed by atoms with Gasteiger partial charge in [0.25, 0.3) is 5.78 Å². The van der Waals surface area contributed by atoms with Crippen molar-refractivity contribution in [2.45, 2.75) is 6.92 Å². The van der Waals surface area contributed by atoms with E-state index in [4.69, 9.17) is 0 Å². The Labute approximate surface area is 97.3 Å². The standard InChI is InChI=1S/C12H11FO4/c1-2-17-12(16)11(15)7-10(14)8-3-5-9(13)6-4-8/h3-7,14H,2H2,1H3/p-1/b10-7-. The zero-order valence-electron chi connectivity index (χ0n) is 9.10. The van der Waals surface area contributed by atoms with Gasteiger partial charge in [0.2, 0.25) is 0 Å². The van der Waals surface area contributed by atoms with Gasteiger partial charge in [-0.25, -0.2) is 9.18 Å². The Kier molecular flexibility index (Phi) is 4.39. The van der Waals surface area contributed by atoms with Crippen molar-refractivity contribution < 1.29 is 23.8 Å². The zero-order valence-corrected chi connectivity index (χ0v) is 9.10. The Morgan fingerprint density at radius 2 is 1.94 bits per heavy atom. The lowest BCUT2D eigenvalue weighted by molar-refractivity contribution is -0.243. The van der Waals surface area contributed by atoms with Crippen LogP contribution in [0.1, 0.15) is 12.5 Å². The molecule has 90 valence electrons. The van der Waals surface area contributed by atoms with Crippen LogP contribution in [0.2, 0.25) is 0 Å². The van der Waals surface area contributed by atoms with Gasteiger partial charge >= 0.3 is 5.97 Å². The lowest BCUT2D eigenvalue weighted by atomic mass is 10.1. The molecule has 0 amide bonds. The van der Waals surface area contributed by atoms with Crippen molar-refractivity contribution in [3.63, 3.8) is 0 Å². The molecule has 0 fully saturated rings. The Morgan fingerprint density at radius 1 is 1.35 bits per heavy atom. The van der Waals surface area contributed by atoms with Gasteiger partial charge in [0.15, 0.2) is 0 Å². The van der Waals surface area contributed by atoms with Gasteiger partial charge in [-0.3, -0.25) is 4.79 Å². The largest absolute Gasteiger partial charge is 0.872 e. The topological polar surface area (TPSA) is 66.4 Å². The highest BCUT2D eigenvalue weighted by atomic mass is 19.1. The summed E-state index contributed by atoms with van der Waals surface area (Å²) in [6.07, 6.45) is 0.630. The molecule has 0 radical (unpaired) electrons. The molecule has 5 heteroatoms. The number of carbonyl (C=O) groups is 2. The van der Waals surface area contributed by atoms with Crippen molar-refractivity contribution in [1.82, 2.24) is 0 Å². The van der Waals surface area contributed by atoms with Crippen molar-refractivity contribution in [2.75, 3.05) is 6.61 Å². The number of ether oxygens (including phenoxy) is 1. The van der Waals surface area contributed by atoms with E-state index >= 15 is 0 Å². The van der Waals surface area contributed by atoms with Gasteiger partial charge < -0.3 is 9.84 Å². The molecule has 0 heterocycles. The average molecular weight is 237 g/mol. The zero-order chi connectivity index (χ0) is 12.8. The summed E-state index contributed by atoms with van der Waals surface area (Å²) in [6, 6.07) is 4.64. The molecule has 0 aliphatic carbocycles. The summed E-state index contributed by atoms with van der Waals surface area (Å²) in [5, 5.41) is 11.5. The van der Waals surface area contributed by atoms with E-state index in [9.17, 15) is 19.1 Å². The second kappa shape index (κ2) is 5.79. The predicted molar refractivity (Wildman–Crippen MR) is 56.0 cm³/mol. The molecule has 1 aromatic carbocycles. The average Bonchev–Trinajstić information content (AvgIpc) is 2.30. The molecule has 0 bridgehead atoms. The number of carbonyl (C=O) groups excluding carboxylic acids is 2. The van der Waals surface area contributed by atoms with Crippen LogP contribution >= 0.6 is 0 Å². The third kappa shape index (κ3) is 3.71. The molecule has 0 N–H and O–H groups in total. The van der Waals surface area contributed by atoms with Crippen LogP contribution in [-0.2, 0) is 14.3 Å². The highest BCUT2D eigenvalue weighted by molar-refractivity contribution is 6.39. The van der Waals surface area contributed by atoms with Crippen molar-refractivity contribution in [3.05, 3.63) is 41.7 Å². The molecular weight excluding hydrogens is 227 g/mol. The summed E-state index contributed by atoms with van der Waals surface area (Å²) < 4.78 is 17.0. The van der Waals surface area contributed by atoms with Crippen LogP contribution in [0.25, 0.3) is 5.76 Å². The second-order valence-electron chi connectivity index (χ2n) is 3.10. The lowest BCUT2D eigenvalue weighted by Crippen LogP contribution is -2.17. The third-order valence-electron chi connectivity index (χ3n) is 1.87. The highest BCUT2D eigenvalue weighted by Crippen LogP contribution is 2.09. The first-order valence-corrected chi connectivity index (χ1v) is 4.90. The van der Waals surface area contributed by atoms with E-state index in [1.165, 1.54) is 12.1 Å². The van der Waals surface area contributed by atoms with E-state index in [0.717, 1.165) is 12.1 Å². The van der Waals surface area contributed by atoms with Crippen LogP contribution in [0.3, 0.4) is 0 Å². The van der Waals surface area contributed by atoms with Gasteiger partial charge in [-0.05, 0) is 30.7 Å². The molecule has 4 nitrogen and oxygen atoms in total. The van der Waals surface area contributed by atoms with Gasteiger partial charge in [0, 0.05) is 0 Å². The fourth-order valence-corrected chi connectivity index (χ4v) is 1.08. The molecule has 0 saturated heterocycles. The summed E-state index contributed by atoms with van der Waals surface area (Å²) in [5.41, 5.74) is 0.129. The van der Waals surface area contributed by atoms with Gasteiger partial charge in [-0.15, -0.1) is 0 Å². The summed E-state index contributed by atoms with van der Waals surface area (Å²) in [6.45, 7) is 1.61. The van der Waals surface area contributed by atoms with Crippen LogP contribution in [0.5, 0.6) is 0 Å². The van der Waals surface area contributed by atoms with E-state index in [0.29, 0.717) is 6.08 Å². The number of ketones is 1. The lowest BCUT2D eigenvalue weighted by Gasteiger charge is -2.11. The number of hydrogen-bond donors (Lipinski definition) is 0. The maximum Gasteiger partial charge on any atom is 0.378 e. The summed E-state index contributed by atoms with van der Waals surface area (Å²) >= 11 is 0. The Hall–Kier alpha value is -2.17. The van der Waals surface area contributed by atoms with Crippen LogP contribution in [0.15, 0.2) is 30.3 Å². The molecule has 1 aromatic rings. The molecule has 0 aliphatic heterocycles. The minimum atomic E-state index is -1.08. The first-order valence-electron chi connectivity index (χ1n) is 4.90. The first-order chi connectivity index (χ1) is 8.04. The molecular formula is C12H10FO4-. The smallest absolute Gasteiger partial charge is 0.378 e. The predicted octanol–water partition coefficient (Wildman–Crippen LogP) is 0.659. The number of hydrogen-bond acceptors (Lipinski definition) is 4. The molecule has 0 spiro atoms. The van der Waals surface area contributed by atoms with Crippen LogP contribution in [0, 0.1) is 5.82 Å².